The zero-order valence-corrected chi connectivity index (χ0v) is 17.8. The van der Waals surface area contributed by atoms with Gasteiger partial charge in [-0.3, -0.25) is 4.79 Å². The SMILES string of the molecule is CCC(C(N)=O)n1nc(-c2ccc(S(C)(=O)=O)cc2)c(-c2ccc(F)cc2)c1C(F)(F)F. The summed E-state index contributed by atoms with van der Waals surface area (Å²) >= 11 is 0. The van der Waals surface area contributed by atoms with Crippen molar-refractivity contribution in [2.45, 2.75) is 30.5 Å². The van der Waals surface area contributed by atoms with Gasteiger partial charge in [0.25, 0.3) is 0 Å². The molecule has 0 fully saturated rings. The van der Waals surface area contributed by atoms with Gasteiger partial charge in [0.15, 0.2) is 15.5 Å². The van der Waals surface area contributed by atoms with Crippen molar-refractivity contribution < 1.29 is 30.8 Å². The van der Waals surface area contributed by atoms with Crippen LogP contribution in [-0.4, -0.2) is 30.4 Å². The first-order chi connectivity index (χ1) is 14.8. The third kappa shape index (κ3) is 4.52. The third-order valence-electron chi connectivity index (χ3n) is 4.88. The summed E-state index contributed by atoms with van der Waals surface area (Å²) in [7, 11) is -3.53. The molecule has 1 unspecified atom stereocenters. The van der Waals surface area contributed by atoms with Crippen molar-refractivity contribution in [3.8, 4) is 22.4 Å². The molecule has 32 heavy (non-hydrogen) atoms. The lowest BCUT2D eigenvalue weighted by Crippen LogP contribution is -2.30. The Labute approximate surface area is 181 Å². The van der Waals surface area contributed by atoms with Gasteiger partial charge in [-0.1, -0.05) is 31.2 Å². The molecule has 0 saturated heterocycles. The summed E-state index contributed by atoms with van der Waals surface area (Å²) in [6, 6.07) is 8.12. The highest BCUT2D eigenvalue weighted by molar-refractivity contribution is 7.90. The fourth-order valence-corrected chi connectivity index (χ4v) is 4.01. The smallest absolute Gasteiger partial charge is 0.368 e. The van der Waals surface area contributed by atoms with E-state index in [2.05, 4.69) is 5.10 Å². The molecule has 0 bridgehead atoms. The maximum Gasteiger partial charge on any atom is 0.433 e. The number of aromatic nitrogens is 2. The highest BCUT2D eigenvalue weighted by Crippen LogP contribution is 2.44. The van der Waals surface area contributed by atoms with E-state index in [1.165, 1.54) is 43.3 Å². The first kappa shape index (κ1) is 23.5. The average Bonchev–Trinajstić information content (AvgIpc) is 3.09. The zero-order valence-electron chi connectivity index (χ0n) is 17.0. The largest absolute Gasteiger partial charge is 0.433 e. The number of hydrogen-bond acceptors (Lipinski definition) is 4. The number of nitrogens with zero attached hydrogens (tertiary/aromatic N) is 2. The molecule has 0 aliphatic carbocycles. The number of primary amides is 1. The molecule has 0 radical (unpaired) electrons. The van der Waals surface area contributed by atoms with E-state index in [4.69, 9.17) is 5.73 Å². The number of halogens is 4. The van der Waals surface area contributed by atoms with Crippen LogP contribution in [0.2, 0.25) is 0 Å². The van der Waals surface area contributed by atoms with E-state index in [-0.39, 0.29) is 33.7 Å². The molecule has 3 aromatic rings. The first-order valence-electron chi connectivity index (χ1n) is 9.40. The average molecular weight is 469 g/mol. The third-order valence-corrected chi connectivity index (χ3v) is 6.01. The van der Waals surface area contributed by atoms with Gasteiger partial charge < -0.3 is 5.73 Å². The second-order valence-electron chi connectivity index (χ2n) is 7.14. The normalized spacial score (nSPS) is 13.2. The van der Waals surface area contributed by atoms with Gasteiger partial charge in [0.1, 0.15) is 17.6 Å². The van der Waals surface area contributed by atoms with E-state index in [9.17, 15) is 30.8 Å². The van der Waals surface area contributed by atoms with Crippen LogP contribution in [0.4, 0.5) is 17.6 Å². The summed E-state index contributed by atoms with van der Waals surface area (Å²) in [5, 5.41) is 4.08. The standard InChI is InChI=1S/C21H19F4N3O3S/c1-3-16(20(26)29)28-19(21(23,24)25)17(12-4-8-14(22)9-5-12)18(27-28)13-6-10-15(11-7-13)32(2,30)31/h4-11,16H,3H2,1-2H3,(H2,26,29). The van der Waals surface area contributed by atoms with E-state index >= 15 is 0 Å². The van der Waals surface area contributed by atoms with Crippen molar-refractivity contribution in [1.29, 1.82) is 0 Å². The van der Waals surface area contributed by atoms with E-state index in [0.29, 0.717) is 4.68 Å². The fourth-order valence-electron chi connectivity index (χ4n) is 3.38. The summed E-state index contributed by atoms with van der Waals surface area (Å²) in [5.74, 6) is -1.64. The molecule has 1 aromatic heterocycles. The van der Waals surface area contributed by atoms with Crippen molar-refractivity contribution in [1.82, 2.24) is 9.78 Å². The van der Waals surface area contributed by atoms with Crippen molar-refractivity contribution >= 4 is 15.7 Å². The molecule has 0 spiro atoms. The maximum absolute atomic E-state index is 14.2. The van der Waals surface area contributed by atoms with Crippen LogP contribution in [0, 0.1) is 5.82 Å². The van der Waals surface area contributed by atoms with Crippen LogP contribution in [0.25, 0.3) is 22.4 Å². The monoisotopic (exact) mass is 469 g/mol. The minimum Gasteiger partial charge on any atom is -0.368 e. The Hall–Kier alpha value is -3.21. The highest BCUT2D eigenvalue weighted by atomic mass is 32.2. The first-order valence-corrected chi connectivity index (χ1v) is 11.3. The molecule has 1 heterocycles. The zero-order chi connectivity index (χ0) is 23.8. The van der Waals surface area contributed by atoms with Gasteiger partial charge in [0.2, 0.25) is 5.91 Å². The molecule has 1 amide bonds. The number of carbonyl (C=O) groups excluding carboxylic acids is 1. The molecule has 0 aliphatic heterocycles. The van der Waals surface area contributed by atoms with Crippen LogP contribution >= 0.6 is 0 Å². The van der Waals surface area contributed by atoms with Crippen LogP contribution in [0.5, 0.6) is 0 Å². The van der Waals surface area contributed by atoms with Crippen LogP contribution in [0.15, 0.2) is 53.4 Å². The van der Waals surface area contributed by atoms with Crippen molar-refractivity contribution in [3.63, 3.8) is 0 Å². The molecule has 0 saturated carbocycles. The summed E-state index contributed by atoms with van der Waals surface area (Å²) < 4.78 is 80.1. The van der Waals surface area contributed by atoms with Gasteiger partial charge in [-0.2, -0.15) is 18.3 Å². The fraction of sp³-hybridized carbons (Fsp3) is 0.238. The number of sulfone groups is 1. The Morgan fingerprint density at radius 2 is 1.59 bits per heavy atom. The van der Waals surface area contributed by atoms with Gasteiger partial charge in [0.05, 0.1) is 4.90 Å². The summed E-state index contributed by atoms with van der Waals surface area (Å²) in [6.45, 7) is 1.50. The Bertz CT molecular complexity index is 1250. The lowest BCUT2D eigenvalue weighted by atomic mass is 9.98. The number of alkyl halides is 3. The van der Waals surface area contributed by atoms with Gasteiger partial charge in [0, 0.05) is 17.4 Å². The second kappa shape index (κ2) is 8.38. The van der Waals surface area contributed by atoms with Crippen molar-refractivity contribution in [2.75, 3.05) is 6.26 Å². The minimum absolute atomic E-state index is 0.0199. The Morgan fingerprint density at radius 3 is 2.03 bits per heavy atom. The summed E-state index contributed by atoms with van der Waals surface area (Å²) in [5.41, 5.74) is 3.80. The van der Waals surface area contributed by atoms with Gasteiger partial charge >= 0.3 is 6.18 Å². The minimum atomic E-state index is -4.93. The van der Waals surface area contributed by atoms with Crippen LogP contribution in [0.3, 0.4) is 0 Å². The number of carbonyl (C=O) groups is 1. The van der Waals surface area contributed by atoms with Crippen LogP contribution in [0.1, 0.15) is 25.1 Å². The number of amides is 1. The quantitative estimate of drug-likeness (QED) is 0.547. The predicted octanol–water partition coefficient (Wildman–Crippen LogP) is 4.21. The van der Waals surface area contributed by atoms with Gasteiger partial charge in [-0.15, -0.1) is 0 Å². The molecule has 2 aromatic carbocycles. The van der Waals surface area contributed by atoms with Gasteiger partial charge in [-0.25, -0.2) is 17.5 Å². The number of rotatable bonds is 6. The van der Waals surface area contributed by atoms with Crippen LogP contribution < -0.4 is 5.73 Å². The molecule has 6 nitrogen and oxygen atoms in total. The second-order valence-corrected chi connectivity index (χ2v) is 9.16. The predicted molar refractivity (Wildman–Crippen MR) is 110 cm³/mol. The molecule has 3 rings (SSSR count). The van der Waals surface area contributed by atoms with E-state index in [0.717, 1.165) is 18.4 Å². The lowest BCUT2D eigenvalue weighted by molar-refractivity contribution is -0.145. The maximum atomic E-state index is 14.2. The Morgan fingerprint density at radius 1 is 1.06 bits per heavy atom. The lowest BCUT2D eigenvalue weighted by Gasteiger charge is -2.18. The summed E-state index contributed by atoms with van der Waals surface area (Å²) in [6.07, 6.45) is -3.97. The van der Waals surface area contributed by atoms with E-state index < -0.39 is 39.5 Å². The van der Waals surface area contributed by atoms with Crippen molar-refractivity contribution in [2.24, 2.45) is 5.73 Å². The summed E-state index contributed by atoms with van der Waals surface area (Å²) in [4.78, 5) is 11.9. The van der Waals surface area contributed by atoms with Crippen LogP contribution in [-0.2, 0) is 20.8 Å². The molecule has 170 valence electrons. The Balaban J connectivity index is 2.38. The Kier molecular flexibility index (Phi) is 6.14. The van der Waals surface area contributed by atoms with E-state index in [1.807, 2.05) is 0 Å². The number of nitrogens with two attached hydrogens (primary N) is 1. The molecular formula is C21H19F4N3O3S. The highest BCUT2D eigenvalue weighted by Gasteiger charge is 2.42. The van der Waals surface area contributed by atoms with E-state index in [1.54, 1.807) is 0 Å². The molecule has 11 heteroatoms. The molecule has 2 N–H and O–H groups in total. The topological polar surface area (TPSA) is 95.1 Å². The molecular weight excluding hydrogens is 450 g/mol. The molecule has 1 atom stereocenters. The van der Waals surface area contributed by atoms with Crippen molar-refractivity contribution in [3.05, 3.63) is 60.0 Å². The molecule has 0 aliphatic rings. The number of hydrogen-bond donors (Lipinski definition) is 1. The number of benzene rings is 2. The van der Waals surface area contributed by atoms with Gasteiger partial charge in [-0.05, 0) is 36.2 Å².